The third-order valence-corrected chi connectivity index (χ3v) is 3.63. The predicted octanol–water partition coefficient (Wildman–Crippen LogP) is 1.60. The Morgan fingerprint density at radius 3 is 3.00 bits per heavy atom. The van der Waals surface area contributed by atoms with E-state index in [0.29, 0.717) is 5.92 Å². The van der Waals surface area contributed by atoms with Crippen molar-refractivity contribution in [1.29, 1.82) is 0 Å². The van der Waals surface area contributed by atoms with Crippen molar-refractivity contribution in [1.82, 2.24) is 15.3 Å². The third-order valence-electron chi connectivity index (χ3n) is 3.63. The zero-order valence-electron chi connectivity index (χ0n) is 9.69. The molecule has 3 heterocycles. The van der Waals surface area contributed by atoms with E-state index in [0.717, 1.165) is 42.5 Å². The molecule has 3 rings (SSSR count). The monoisotopic (exact) mass is 231 g/mol. The van der Waals surface area contributed by atoms with Gasteiger partial charge in [-0.05, 0) is 44.0 Å². The fraction of sp³-hybridized carbons (Fsp3) is 0.462. The quantitative estimate of drug-likeness (QED) is 0.735. The molecule has 1 unspecified atom stereocenters. The Labute approximate surface area is 100 Å². The van der Waals surface area contributed by atoms with Gasteiger partial charge in [-0.3, -0.25) is 0 Å². The normalized spacial score (nSPS) is 19.6. The minimum absolute atomic E-state index is 0.357. The number of rotatable bonds is 2. The van der Waals surface area contributed by atoms with E-state index in [1.165, 1.54) is 0 Å². The molecule has 1 saturated heterocycles. The molecular weight excluding hydrogens is 214 g/mol. The number of nitrogens with one attached hydrogen (secondary N) is 2. The van der Waals surface area contributed by atoms with Crippen LogP contribution in [0.4, 0.5) is 0 Å². The molecule has 90 valence electrons. The molecule has 0 bridgehead atoms. The van der Waals surface area contributed by atoms with Gasteiger partial charge in [0.15, 0.2) is 0 Å². The van der Waals surface area contributed by atoms with Gasteiger partial charge in [-0.2, -0.15) is 0 Å². The Morgan fingerprint density at radius 2 is 2.18 bits per heavy atom. The van der Waals surface area contributed by atoms with Gasteiger partial charge in [0.05, 0.1) is 6.10 Å². The van der Waals surface area contributed by atoms with Gasteiger partial charge < -0.3 is 15.4 Å². The van der Waals surface area contributed by atoms with Crippen molar-refractivity contribution in [2.45, 2.75) is 18.9 Å². The molecule has 1 fully saturated rings. The lowest BCUT2D eigenvalue weighted by atomic mass is 9.88. The van der Waals surface area contributed by atoms with E-state index < -0.39 is 0 Å². The SMILES string of the molecule is OC(c1c[nH]c2ncccc12)C1CCNCC1. The fourth-order valence-electron chi connectivity index (χ4n) is 2.64. The number of aliphatic hydroxyl groups is 1. The Balaban J connectivity index is 1.92. The van der Waals surface area contributed by atoms with Crippen LogP contribution in [0, 0.1) is 5.92 Å². The number of aromatic nitrogens is 2. The van der Waals surface area contributed by atoms with E-state index in [1.807, 2.05) is 18.3 Å². The smallest absolute Gasteiger partial charge is 0.137 e. The first-order valence-electron chi connectivity index (χ1n) is 6.17. The predicted molar refractivity (Wildman–Crippen MR) is 66.6 cm³/mol. The van der Waals surface area contributed by atoms with Crippen molar-refractivity contribution in [3.63, 3.8) is 0 Å². The van der Waals surface area contributed by atoms with Gasteiger partial charge in [-0.25, -0.2) is 4.98 Å². The largest absolute Gasteiger partial charge is 0.388 e. The van der Waals surface area contributed by atoms with Gasteiger partial charge in [-0.1, -0.05) is 0 Å². The van der Waals surface area contributed by atoms with Crippen LogP contribution in [0.3, 0.4) is 0 Å². The first-order chi connectivity index (χ1) is 8.36. The summed E-state index contributed by atoms with van der Waals surface area (Å²) in [5, 5.41) is 14.8. The van der Waals surface area contributed by atoms with Gasteiger partial charge in [-0.15, -0.1) is 0 Å². The van der Waals surface area contributed by atoms with Crippen molar-refractivity contribution in [3.8, 4) is 0 Å². The molecule has 4 nitrogen and oxygen atoms in total. The van der Waals surface area contributed by atoms with Crippen molar-refractivity contribution in [2.24, 2.45) is 5.92 Å². The number of nitrogens with zero attached hydrogens (tertiary/aromatic N) is 1. The molecule has 17 heavy (non-hydrogen) atoms. The fourth-order valence-corrected chi connectivity index (χ4v) is 2.64. The first-order valence-corrected chi connectivity index (χ1v) is 6.17. The van der Waals surface area contributed by atoms with Crippen LogP contribution in [0.2, 0.25) is 0 Å². The Bertz CT molecular complexity index is 502. The molecular formula is C13H17N3O. The number of aromatic amines is 1. The minimum atomic E-state index is -0.380. The van der Waals surface area contributed by atoms with E-state index in [4.69, 9.17) is 0 Å². The number of H-pyrrole nitrogens is 1. The lowest BCUT2D eigenvalue weighted by Crippen LogP contribution is -2.30. The maximum Gasteiger partial charge on any atom is 0.137 e. The second-order valence-corrected chi connectivity index (χ2v) is 4.68. The van der Waals surface area contributed by atoms with Gasteiger partial charge in [0.2, 0.25) is 0 Å². The molecule has 0 aliphatic carbocycles. The van der Waals surface area contributed by atoms with E-state index in [9.17, 15) is 5.11 Å². The van der Waals surface area contributed by atoms with E-state index >= 15 is 0 Å². The summed E-state index contributed by atoms with van der Waals surface area (Å²) in [6, 6.07) is 3.92. The molecule has 1 aliphatic heterocycles. The number of hydrogen-bond acceptors (Lipinski definition) is 3. The summed E-state index contributed by atoms with van der Waals surface area (Å²) in [7, 11) is 0. The molecule has 0 amide bonds. The second kappa shape index (κ2) is 4.47. The van der Waals surface area contributed by atoms with Crippen LogP contribution < -0.4 is 5.32 Å². The zero-order valence-corrected chi connectivity index (χ0v) is 9.69. The van der Waals surface area contributed by atoms with Gasteiger partial charge >= 0.3 is 0 Å². The van der Waals surface area contributed by atoms with Crippen molar-refractivity contribution >= 4 is 11.0 Å². The van der Waals surface area contributed by atoms with Crippen LogP contribution in [0.25, 0.3) is 11.0 Å². The summed E-state index contributed by atoms with van der Waals surface area (Å²) < 4.78 is 0. The lowest BCUT2D eigenvalue weighted by molar-refractivity contribution is 0.0902. The summed E-state index contributed by atoms with van der Waals surface area (Å²) in [4.78, 5) is 7.37. The van der Waals surface area contributed by atoms with Crippen LogP contribution in [0.1, 0.15) is 24.5 Å². The van der Waals surface area contributed by atoms with Gasteiger partial charge in [0, 0.05) is 23.3 Å². The average Bonchev–Trinajstić information content (AvgIpc) is 2.83. The highest BCUT2D eigenvalue weighted by atomic mass is 16.3. The molecule has 4 heteroatoms. The second-order valence-electron chi connectivity index (χ2n) is 4.68. The topological polar surface area (TPSA) is 60.9 Å². The average molecular weight is 231 g/mol. The maximum atomic E-state index is 10.5. The molecule has 0 radical (unpaired) electrons. The number of aliphatic hydroxyl groups excluding tert-OH is 1. The van der Waals surface area contributed by atoms with Crippen molar-refractivity contribution < 1.29 is 5.11 Å². The highest BCUT2D eigenvalue weighted by molar-refractivity contribution is 5.79. The van der Waals surface area contributed by atoms with Crippen LogP contribution in [0.15, 0.2) is 24.5 Å². The minimum Gasteiger partial charge on any atom is -0.388 e. The number of fused-ring (bicyclic) bond motifs is 1. The maximum absolute atomic E-state index is 10.5. The molecule has 3 N–H and O–H groups in total. The highest BCUT2D eigenvalue weighted by Gasteiger charge is 2.24. The standard InChI is InChI=1S/C13H17N3O/c17-12(9-3-6-14-7-4-9)11-8-16-13-10(11)2-1-5-15-13/h1-2,5,8-9,12,14,17H,3-4,6-7H2,(H,15,16). The molecule has 2 aromatic heterocycles. The summed E-state index contributed by atoms with van der Waals surface area (Å²) in [6.45, 7) is 2.00. The molecule has 0 aromatic carbocycles. The van der Waals surface area contributed by atoms with Crippen LogP contribution in [0.5, 0.6) is 0 Å². The Kier molecular flexibility index (Phi) is 2.82. The highest BCUT2D eigenvalue weighted by Crippen LogP contribution is 2.32. The summed E-state index contributed by atoms with van der Waals surface area (Å²) >= 11 is 0. The van der Waals surface area contributed by atoms with E-state index in [-0.39, 0.29) is 6.10 Å². The third kappa shape index (κ3) is 1.94. The van der Waals surface area contributed by atoms with E-state index in [1.54, 1.807) is 6.20 Å². The summed E-state index contributed by atoms with van der Waals surface area (Å²) in [5.74, 6) is 0.357. The number of hydrogen-bond donors (Lipinski definition) is 3. The van der Waals surface area contributed by atoms with E-state index in [2.05, 4.69) is 15.3 Å². The Morgan fingerprint density at radius 1 is 1.35 bits per heavy atom. The lowest BCUT2D eigenvalue weighted by Gasteiger charge is -2.27. The first kappa shape index (κ1) is 10.7. The molecule has 1 aliphatic rings. The molecule has 2 aromatic rings. The van der Waals surface area contributed by atoms with Gasteiger partial charge in [0.1, 0.15) is 5.65 Å². The molecule has 0 saturated carbocycles. The zero-order chi connectivity index (χ0) is 11.7. The Hall–Kier alpha value is -1.39. The van der Waals surface area contributed by atoms with Crippen LogP contribution in [-0.4, -0.2) is 28.2 Å². The van der Waals surface area contributed by atoms with Gasteiger partial charge in [0.25, 0.3) is 0 Å². The summed E-state index contributed by atoms with van der Waals surface area (Å²) in [5.41, 5.74) is 1.84. The number of piperidine rings is 1. The van der Waals surface area contributed by atoms with Crippen LogP contribution in [-0.2, 0) is 0 Å². The molecule has 1 atom stereocenters. The molecule has 0 spiro atoms. The van der Waals surface area contributed by atoms with Crippen molar-refractivity contribution in [2.75, 3.05) is 13.1 Å². The summed E-state index contributed by atoms with van der Waals surface area (Å²) in [6.07, 6.45) is 5.35. The van der Waals surface area contributed by atoms with Crippen LogP contribution >= 0.6 is 0 Å². The van der Waals surface area contributed by atoms with Crippen molar-refractivity contribution in [3.05, 3.63) is 30.1 Å². The number of pyridine rings is 1.